The summed E-state index contributed by atoms with van der Waals surface area (Å²) in [4.78, 5) is 0. The van der Waals surface area contributed by atoms with E-state index in [9.17, 15) is 0 Å². The van der Waals surface area contributed by atoms with Gasteiger partial charge in [0.2, 0.25) is 0 Å². The third-order valence-corrected chi connectivity index (χ3v) is 3.90. The zero-order chi connectivity index (χ0) is 12.8. The highest BCUT2D eigenvalue weighted by molar-refractivity contribution is 5.87. The molecular formula is C15H22N2. The maximum absolute atomic E-state index is 3.41. The summed E-state index contributed by atoms with van der Waals surface area (Å²) in [6.45, 7) is 8.82. The molecule has 17 heavy (non-hydrogen) atoms. The van der Waals surface area contributed by atoms with Crippen LogP contribution in [0.3, 0.4) is 0 Å². The molecule has 1 aromatic heterocycles. The summed E-state index contributed by atoms with van der Waals surface area (Å²) in [7, 11) is 4.16. The van der Waals surface area contributed by atoms with E-state index in [0.29, 0.717) is 0 Å². The van der Waals surface area contributed by atoms with E-state index in [1.54, 1.807) is 0 Å². The Morgan fingerprint density at radius 3 is 2.41 bits per heavy atom. The third-order valence-electron chi connectivity index (χ3n) is 3.90. The van der Waals surface area contributed by atoms with Crippen LogP contribution in [0.4, 0.5) is 0 Å². The molecule has 0 atom stereocenters. The van der Waals surface area contributed by atoms with Crippen molar-refractivity contribution in [3.63, 3.8) is 0 Å². The second kappa shape index (κ2) is 3.88. The highest BCUT2D eigenvalue weighted by atomic mass is 15.0. The molecule has 0 bridgehead atoms. The van der Waals surface area contributed by atoms with Crippen LogP contribution in [0.15, 0.2) is 18.2 Å². The Bertz CT molecular complexity index is 562. The van der Waals surface area contributed by atoms with Gasteiger partial charge in [-0.25, -0.2) is 0 Å². The standard InChI is InChI=1S/C15H22N2/c1-10-7-8-13-12(9-10)14(11(2)17(13)6)15(3,4)16-5/h7-9,16H,1-6H3. The van der Waals surface area contributed by atoms with Crippen molar-refractivity contribution >= 4 is 10.9 Å². The Balaban J connectivity index is 2.87. The molecule has 0 amide bonds. The maximum Gasteiger partial charge on any atom is 0.0483 e. The molecule has 0 fully saturated rings. The molecule has 0 saturated heterocycles. The molecule has 0 radical (unpaired) electrons. The monoisotopic (exact) mass is 230 g/mol. The van der Waals surface area contributed by atoms with E-state index in [-0.39, 0.29) is 5.54 Å². The number of aromatic nitrogens is 1. The number of aryl methyl sites for hydroxylation is 2. The van der Waals surface area contributed by atoms with Crippen LogP contribution < -0.4 is 5.32 Å². The van der Waals surface area contributed by atoms with E-state index in [4.69, 9.17) is 0 Å². The number of hydrogen-bond acceptors (Lipinski definition) is 1. The first-order chi connectivity index (χ1) is 7.88. The summed E-state index contributed by atoms with van der Waals surface area (Å²) in [5, 5.41) is 4.78. The Kier molecular flexibility index (Phi) is 2.78. The van der Waals surface area contributed by atoms with Crippen LogP contribution in [0.25, 0.3) is 10.9 Å². The van der Waals surface area contributed by atoms with Crippen molar-refractivity contribution in [1.29, 1.82) is 0 Å². The summed E-state index contributed by atoms with van der Waals surface area (Å²) < 4.78 is 2.28. The van der Waals surface area contributed by atoms with Crippen molar-refractivity contribution in [3.8, 4) is 0 Å². The summed E-state index contributed by atoms with van der Waals surface area (Å²) >= 11 is 0. The topological polar surface area (TPSA) is 17.0 Å². The van der Waals surface area contributed by atoms with Gasteiger partial charge in [-0.05, 0) is 46.9 Å². The minimum Gasteiger partial charge on any atom is -0.348 e. The average Bonchev–Trinajstić information content (AvgIpc) is 2.51. The van der Waals surface area contributed by atoms with E-state index in [0.717, 1.165) is 0 Å². The van der Waals surface area contributed by atoms with E-state index < -0.39 is 0 Å². The molecule has 0 aliphatic carbocycles. The first-order valence-corrected chi connectivity index (χ1v) is 6.13. The van der Waals surface area contributed by atoms with E-state index >= 15 is 0 Å². The molecule has 0 spiro atoms. The second-order valence-electron chi connectivity index (χ2n) is 5.42. The van der Waals surface area contributed by atoms with E-state index in [2.05, 4.69) is 62.8 Å². The van der Waals surface area contributed by atoms with Gasteiger partial charge in [0.25, 0.3) is 0 Å². The highest BCUT2D eigenvalue weighted by Crippen LogP contribution is 2.33. The maximum atomic E-state index is 3.41. The Morgan fingerprint density at radius 2 is 1.82 bits per heavy atom. The van der Waals surface area contributed by atoms with Gasteiger partial charge in [-0.15, -0.1) is 0 Å². The molecule has 2 heteroatoms. The van der Waals surface area contributed by atoms with Crippen molar-refractivity contribution < 1.29 is 0 Å². The van der Waals surface area contributed by atoms with E-state index in [1.807, 2.05) is 7.05 Å². The smallest absolute Gasteiger partial charge is 0.0483 e. The molecule has 2 rings (SSSR count). The summed E-state index contributed by atoms with van der Waals surface area (Å²) in [6, 6.07) is 6.68. The van der Waals surface area contributed by atoms with Gasteiger partial charge < -0.3 is 9.88 Å². The van der Waals surface area contributed by atoms with Crippen molar-refractivity contribution in [1.82, 2.24) is 9.88 Å². The van der Waals surface area contributed by atoms with Crippen LogP contribution in [-0.4, -0.2) is 11.6 Å². The first-order valence-electron chi connectivity index (χ1n) is 6.13. The van der Waals surface area contributed by atoms with Crippen molar-refractivity contribution in [3.05, 3.63) is 35.0 Å². The minimum atomic E-state index is -0.00259. The predicted octanol–water partition coefficient (Wildman–Crippen LogP) is 3.25. The summed E-state index contributed by atoms with van der Waals surface area (Å²) in [6.07, 6.45) is 0. The normalized spacial score (nSPS) is 12.4. The number of hydrogen-bond donors (Lipinski definition) is 1. The largest absolute Gasteiger partial charge is 0.348 e. The molecule has 92 valence electrons. The van der Waals surface area contributed by atoms with Gasteiger partial charge in [0.05, 0.1) is 0 Å². The lowest BCUT2D eigenvalue weighted by molar-refractivity contribution is 0.444. The third kappa shape index (κ3) is 1.77. The quantitative estimate of drug-likeness (QED) is 0.838. The van der Waals surface area contributed by atoms with Gasteiger partial charge >= 0.3 is 0 Å². The lowest BCUT2D eigenvalue weighted by Gasteiger charge is -2.25. The van der Waals surface area contributed by atoms with Crippen LogP contribution in [0.1, 0.15) is 30.7 Å². The van der Waals surface area contributed by atoms with Crippen LogP contribution in [0.2, 0.25) is 0 Å². The molecule has 2 nitrogen and oxygen atoms in total. The van der Waals surface area contributed by atoms with E-state index in [1.165, 1.54) is 27.7 Å². The lowest BCUT2D eigenvalue weighted by atomic mass is 9.91. The van der Waals surface area contributed by atoms with Crippen LogP contribution in [0.5, 0.6) is 0 Å². The average molecular weight is 230 g/mol. The Hall–Kier alpha value is -1.28. The zero-order valence-electron chi connectivity index (χ0n) is 11.7. The molecule has 0 aliphatic heterocycles. The molecule has 0 unspecified atom stereocenters. The molecule has 0 aliphatic rings. The molecule has 2 aromatic rings. The van der Waals surface area contributed by atoms with Gasteiger partial charge in [0.1, 0.15) is 0 Å². The van der Waals surface area contributed by atoms with Gasteiger partial charge in [-0.2, -0.15) is 0 Å². The van der Waals surface area contributed by atoms with Gasteiger partial charge in [0.15, 0.2) is 0 Å². The first kappa shape index (κ1) is 12.2. The fraction of sp³-hybridized carbons (Fsp3) is 0.467. The number of nitrogens with one attached hydrogen (secondary N) is 1. The fourth-order valence-electron chi connectivity index (χ4n) is 2.60. The fourth-order valence-corrected chi connectivity index (χ4v) is 2.60. The van der Waals surface area contributed by atoms with Crippen LogP contribution in [-0.2, 0) is 12.6 Å². The van der Waals surface area contributed by atoms with Crippen molar-refractivity contribution in [2.75, 3.05) is 7.05 Å². The van der Waals surface area contributed by atoms with Gasteiger partial charge in [-0.1, -0.05) is 11.6 Å². The molecule has 1 aromatic carbocycles. The second-order valence-corrected chi connectivity index (χ2v) is 5.42. The van der Waals surface area contributed by atoms with Gasteiger partial charge in [-0.3, -0.25) is 0 Å². The zero-order valence-corrected chi connectivity index (χ0v) is 11.7. The predicted molar refractivity (Wildman–Crippen MR) is 74.5 cm³/mol. The highest BCUT2D eigenvalue weighted by Gasteiger charge is 2.25. The SMILES string of the molecule is CNC(C)(C)c1c(C)n(C)c2ccc(C)cc12. The Labute approximate surface area is 104 Å². The molecule has 1 N–H and O–H groups in total. The summed E-state index contributed by atoms with van der Waals surface area (Å²) in [5.41, 5.74) is 5.37. The minimum absolute atomic E-state index is 0.00259. The molecule has 0 saturated carbocycles. The molecule has 1 heterocycles. The number of nitrogens with zero attached hydrogens (tertiary/aromatic N) is 1. The number of benzene rings is 1. The summed E-state index contributed by atoms with van der Waals surface area (Å²) in [5.74, 6) is 0. The number of rotatable bonds is 2. The van der Waals surface area contributed by atoms with Crippen molar-refractivity contribution in [2.24, 2.45) is 7.05 Å². The van der Waals surface area contributed by atoms with Crippen LogP contribution in [0, 0.1) is 13.8 Å². The molecular weight excluding hydrogens is 208 g/mol. The van der Waals surface area contributed by atoms with Gasteiger partial charge in [0, 0.05) is 34.7 Å². The van der Waals surface area contributed by atoms with Crippen molar-refractivity contribution in [2.45, 2.75) is 33.2 Å². The van der Waals surface area contributed by atoms with Crippen LogP contribution >= 0.6 is 0 Å². The number of fused-ring (bicyclic) bond motifs is 1. The Morgan fingerprint density at radius 1 is 1.18 bits per heavy atom. The lowest BCUT2D eigenvalue weighted by Crippen LogP contribution is -2.33.